The van der Waals surface area contributed by atoms with Crippen LogP contribution in [0.3, 0.4) is 0 Å². The Labute approximate surface area is 461 Å². The second kappa shape index (κ2) is 17.4. The average molecular weight is 1030 g/mol. The lowest BCUT2D eigenvalue weighted by Crippen LogP contribution is -2.26. The average Bonchev–Trinajstić information content (AvgIpc) is 4.35. The van der Waals surface area contributed by atoms with Gasteiger partial charge in [-0.15, -0.1) is 22.7 Å². The molecule has 2 heterocycles. The third-order valence-electron chi connectivity index (χ3n) is 16.7. The topological polar surface area (TPSA) is 6.48 Å². The van der Waals surface area contributed by atoms with Crippen LogP contribution in [0.15, 0.2) is 255 Å². The van der Waals surface area contributed by atoms with Gasteiger partial charge in [-0.1, -0.05) is 201 Å². The molecular weight excluding hydrogens is 981 g/mol. The van der Waals surface area contributed by atoms with Crippen LogP contribution in [-0.4, -0.2) is 0 Å². The molecule has 0 saturated carbocycles. The van der Waals surface area contributed by atoms with Gasteiger partial charge in [-0.25, -0.2) is 0 Å². The Morgan fingerprint density at radius 3 is 1.60 bits per heavy atom. The molecule has 2 aliphatic rings. The molecule has 0 radical (unpaired) electrons. The van der Waals surface area contributed by atoms with Gasteiger partial charge in [-0.3, -0.25) is 0 Å². The van der Waals surface area contributed by atoms with E-state index in [4.69, 9.17) is 0 Å². The SMILES string of the molecule is C=Cc1sc2c(N(c3ccccc3)c3ccc4c5c(ccc4c3)-c3ccc4cc(N(c6ccccc6)c6cccc7c6sc6ccccc67)ccc4c3C53c4ccccc4-c4c3ccc3ccccc43)cccc2c1/C=C\C. The third-order valence-corrected chi connectivity index (χ3v) is 19.1. The molecule has 0 amide bonds. The minimum atomic E-state index is -0.629. The summed E-state index contributed by atoms with van der Waals surface area (Å²) in [6.45, 7) is 6.32. The van der Waals surface area contributed by atoms with E-state index in [0.29, 0.717) is 0 Å². The van der Waals surface area contributed by atoms with Gasteiger partial charge >= 0.3 is 0 Å². The molecule has 16 rings (SSSR count). The molecule has 2 nitrogen and oxygen atoms in total. The Kier molecular flexibility index (Phi) is 10.00. The molecule has 366 valence electrons. The number of hydrogen-bond donors (Lipinski definition) is 0. The normalized spacial score (nSPS) is 14.3. The number of hydrogen-bond acceptors (Lipinski definition) is 4. The minimum absolute atomic E-state index is 0.629. The predicted molar refractivity (Wildman–Crippen MR) is 338 cm³/mol. The second-order valence-electron chi connectivity index (χ2n) is 20.6. The first kappa shape index (κ1) is 44.9. The zero-order valence-electron chi connectivity index (χ0n) is 42.7. The van der Waals surface area contributed by atoms with Crippen molar-refractivity contribution in [2.24, 2.45) is 0 Å². The van der Waals surface area contributed by atoms with Crippen LogP contribution < -0.4 is 9.80 Å². The fourth-order valence-corrected chi connectivity index (χ4v) is 16.0. The molecular formula is C74H48N2S2. The van der Waals surface area contributed by atoms with E-state index in [9.17, 15) is 0 Å². The van der Waals surface area contributed by atoms with Crippen LogP contribution in [0.2, 0.25) is 0 Å². The largest absolute Gasteiger partial charge is 0.309 e. The summed E-state index contributed by atoms with van der Waals surface area (Å²) < 4.78 is 3.81. The first-order valence-electron chi connectivity index (χ1n) is 26.8. The van der Waals surface area contributed by atoms with Crippen molar-refractivity contribution in [3.8, 4) is 22.3 Å². The van der Waals surface area contributed by atoms with Crippen molar-refractivity contribution in [1.29, 1.82) is 0 Å². The Morgan fingerprint density at radius 2 is 0.949 bits per heavy atom. The number of allylic oxidation sites excluding steroid dienone is 1. The summed E-state index contributed by atoms with van der Waals surface area (Å²) in [6.07, 6.45) is 6.34. The maximum absolute atomic E-state index is 4.24. The molecule has 0 bridgehead atoms. The van der Waals surface area contributed by atoms with Gasteiger partial charge in [0, 0.05) is 54.0 Å². The lowest BCUT2D eigenvalue weighted by molar-refractivity contribution is 0.810. The van der Waals surface area contributed by atoms with E-state index < -0.39 is 5.41 Å². The van der Waals surface area contributed by atoms with Gasteiger partial charge in [-0.2, -0.15) is 0 Å². The number of anilines is 6. The highest BCUT2D eigenvalue weighted by Crippen LogP contribution is 2.66. The molecule has 0 N–H and O–H groups in total. The van der Waals surface area contributed by atoms with Gasteiger partial charge in [0.2, 0.25) is 0 Å². The second-order valence-corrected chi connectivity index (χ2v) is 22.7. The highest BCUT2D eigenvalue weighted by molar-refractivity contribution is 7.26. The van der Waals surface area contributed by atoms with Crippen LogP contribution in [0.1, 0.15) is 39.6 Å². The zero-order valence-corrected chi connectivity index (χ0v) is 44.4. The van der Waals surface area contributed by atoms with Crippen LogP contribution in [0.25, 0.3) is 97.0 Å². The van der Waals surface area contributed by atoms with Crippen LogP contribution in [0.5, 0.6) is 0 Å². The van der Waals surface area contributed by atoms with Crippen molar-refractivity contribution >= 4 is 132 Å². The van der Waals surface area contributed by atoms with Crippen molar-refractivity contribution in [3.63, 3.8) is 0 Å². The summed E-state index contributed by atoms with van der Waals surface area (Å²) in [5, 5.41) is 11.3. The molecule has 1 unspecified atom stereocenters. The maximum Gasteiger partial charge on any atom is 0.0737 e. The highest BCUT2D eigenvalue weighted by atomic mass is 32.1. The quantitative estimate of drug-likeness (QED) is 0.150. The fourth-order valence-electron chi connectivity index (χ4n) is 13.6. The van der Waals surface area contributed by atoms with Gasteiger partial charge in [0.15, 0.2) is 0 Å². The van der Waals surface area contributed by atoms with E-state index in [1.807, 2.05) is 28.7 Å². The number of para-hydroxylation sites is 2. The van der Waals surface area contributed by atoms with E-state index in [1.165, 1.54) is 123 Å². The molecule has 1 spiro atoms. The fraction of sp³-hybridized carbons (Fsp3) is 0.0270. The molecule has 2 aliphatic carbocycles. The van der Waals surface area contributed by atoms with Gasteiger partial charge in [0.25, 0.3) is 0 Å². The summed E-state index contributed by atoms with van der Waals surface area (Å²) in [5.41, 5.74) is 17.9. The monoisotopic (exact) mass is 1030 g/mol. The highest BCUT2D eigenvalue weighted by Gasteiger charge is 2.53. The third kappa shape index (κ3) is 6.30. The molecule has 0 fully saturated rings. The smallest absolute Gasteiger partial charge is 0.0737 e. The standard InChI is InChI=1S/C74H48N2S2/c1-3-19-56-60-28-17-31-65(72(60)77-67(56)4-2)75(49-21-7-5-8-22-49)51-37-41-54-47(44-51)34-39-58-59-40-35-48-45-52(76(50-23-9-6-10-24-50)66-32-18-29-61-57-26-14-16-33-68(57)78-73(61)66)38-42-55(48)71(59)74(70(54)58)63-30-15-13-27-62(63)69-53-25-12-11-20-46(53)36-43-64(69)74/h3-45H,2H2,1H3/b19-3-. The Morgan fingerprint density at radius 1 is 0.397 bits per heavy atom. The Bertz CT molecular complexity index is 4850. The van der Waals surface area contributed by atoms with Gasteiger partial charge < -0.3 is 9.80 Å². The summed E-state index contributed by atoms with van der Waals surface area (Å²) in [4.78, 5) is 6.08. The van der Waals surface area contributed by atoms with Gasteiger partial charge in [-0.05, 0) is 150 Å². The summed E-state index contributed by atoms with van der Waals surface area (Å²) in [5.74, 6) is 0. The molecule has 14 aromatic rings. The number of benzene rings is 12. The number of thiophene rings is 2. The van der Waals surface area contributed by atoms with E-state index >= 15 is 0 Å². The lowest BCUT2D eigenvalue weighted by Gasteiger charge is -2.33. The Balaban J connectivity index is 0.949. The number of rotatable bonds is 8. The number of fused-ring (bicyclic) bond motifs is 20. The van der Waals surface area contributed by atoms with Crippen LogP contribution in [0, 0.1) is 0 Å². The van der Waals surface area contributed by atoms with Crippen molar-refractivity contribution in [2.75, 3.05) is 9.80 Å². The van der Waals surface area contributed by atoms with Crippen molar-refractivity contribution in [3.05, 3.63) is 288 Å². The molecule has 0 saturated heterocycles. The molecule has 12 aromatic carbocycles. The summed E-state index contributed by atoms with van der Waals surface area (Å²) in [7, 11) is 0. The van der Waals surface area contributed by atoms with E-state index in [2.05, 4.69) is 278 Å². The van der Waals surface area contributed by atoms with Crippen LogP contribution in [-0.2, 0) is 5.41 Å². The van der Waals surface area contributed by atoms with Crippen molar-refractivity contribution in [2.45, 2.75) is 12.3 Å². The predicted octanol–water partition coefficient (Wildman–Crippen LogP) is 21.7. The van der Waals surface area contributed by atoms with E-state index in [1.54, 1.807) is 0 Å². The van der Waals surface area contributed by atoms with Crippen LogP contribution in [0.4, 0.5) is 34.1 Å². The van der Waals surface area contributed by atoms with E-state index in [0.717, 1.165) is 28.4 Å². The van der Waals surface area contributed by atoms with Crippen molar-refractivity contribution in [1.82, 2.24) is 0 Å². The molecule has 78 heavy (non-hydrogen) atoms. The van der Waals surface area contributed by atoms with Crippen molar-refractivity contribution < 1.29 is 0 Å². The number of nitrogens with zero attached hydrogens (tertiary/aromatic N) is 2. The first-order chi connectivity index (χ1) is 38.6. The van der Waals surface area contributed by atoms with E-state index in [-0.39, 0.29) is 0 Å². The first-order valence-corrected chi connectivity index (χ1v) is 28.4. The molecule has 1 atom stereocenters. The minimum Gasteiger partial charge on any atom is -0.309 e. The molecule has 0 aliphatic heterocycles. The lowest BCUT2D eigenvalue weighted by atomic mass is 9.68. The van der Waals surface area contributed by atoms with Crippen LogP contribution >= 0.6 is 22.7 Å². The molecule has 4 heteroatoms. The zero-order chi connectivity index (χ0) is 51.6. The summed E-state index contributed by atoms with van der Waals surface area (Å²) in [6, 6.07) is 91.1. The Hall–Kier alpha value is -9.32. The van der Waals surface area contributed by atoms with Gasteiger partial charge in [0.05, 0.1) is 26.2 Å². The van der Waals surface area contributed by atoms with Gasteiger partial charge in [0.1, 0.15) is 0 Å². The molecule has 2 aromatic heterocycles. The summed E-state index contributed by atoms with van der Waals surface area (Å²) >= 11 is 3.68. The maximum atomic E-state index is 4.24.